The normalized spacial score (nSPS) is 11.3. The number of nitrogen functional groups attached to an aromatic ring is 1. The van der Waals surface area contributed by atoms with Gasteiger partial charge >= 0.3 is 0 Å². The maximum absolute atomic E-state index is 11.5. The lowest BCUT2D eigenvalue weighted by Gasteiger charge is -2.12. The van der Waals surface area contributed by atoms with Crippen LogP contribution >= 0.6 is 0 Å². The van der Waals surface area contributed by atoms with Gasteiger partial charge in [-0.3, -0.25) is 4.98 Å². The minimum Gasteiger partial charge on any atom is -0.397 e. The number of hydrogen-bond donors (Lipinski definition) is 2. The van der Waals surface area contributed by atoms with E-state index in [0.29, 0.717) is 17.9 Å². The minimum absolute atomic E-state index is 0.220. The number of anilines is 2. The summed E-state index contributed by atoms with van der Waals surface area (Å²) in [5.74, 6) is 0. The van der Waals surface area contributed by atoms with Crippen LogP contribution in [-0.4, -0.2) is 19.7 Å². The Morgan fingerprint density at radius 3 is 2.67 bits per heavy atom. The summed E-state index contributed by atoms with van der Waals surface area (Å²) in [5, 5.41) is 3.20. The molecule has 1 aromatic carbocycles. The molecular formula is C15H19N3O2S. The van der Waals surface area contributed by atoms with E-state index in [-0.39, 0.29) is 4.90 Å². The van der Waals surface area contributed by atoms with Crippen LogP contribution in [0.25, 0.3) is 0 Å². The fourth-order valence-electron chi connectivity index (χ4n) is 2.06. The molecule has 21 heavy (non-hydrogen) atoms. The van der Waals surface area contributed by atoms with Crippen molar-refractivity contribution in [3.63, 3.8) is 0 Å². The number of benzene rings is 1. The lowest BCUT2D eigenvalue weighted by molar-refractivity contribution is 0.602. The second-order valence-corrected chi connectivity index (χ2v) is 6.85. The first-order chi connectivity index (χ1) is 9.91. The summed E-state index contributed by atoms with van der Waals surface area (Å²) in [4.78, 5) is 4.57. The Bertz CT molecular complexity index is 742. The van der Waals surface area contributed by atoms with Crippen molar-refractivity contribution in [1.29, 1.82) is 0 Å². The van der Waals surface area contributed by atoms with Gasteiger partial charge < -0.3 is 11.1 Å². The fourth-order valence-corrected chi connectivity index (χ4v) is 2.72. The Kier molecular flexibility index (Phi) is 4.47. The molecule has 5 nitrogen and oxygen atoms in total. The monoisotopic (exact) mass is 305 g/mol. The molecule has 0 aliphatic rings. The summed E-state index contributed by atoms with van der Waals surface area (Å²) in [6.45, 7) is 2.63. The molecule has 0 saturated heterocycles. The van der Waals surface area contributed by atoms with Crippen molar-refractivity contribution in [3.05, 3.63) is 47.8 Å². The molecule has 0 fully saturated rings. The molecule has 3 N–H and O–H groups in total. The molecule has 0 aliphatic carbocycles. The van der Waals surface area contributed by atoms with Gasteiger partial charge in [0.15, 0.2) is 9.84 Å². The van der Waals surface area contributed by atoms with Gasteiger partial charge in [0, 0.05) is 12.5 Å². The van der Waals surface area contributed by atoms with E-state index in [1.807, 2.05) is 12.1 Å². The van der Waals surface area contributed by atoms with E-state index in [1.54, 1.807) is 18.3 Å². The third-order valence-electron chi connectivity index (χ3n) is 3.26. The summed E-state index contributed by atoms with van der Waals surface area (Å²) in [6, 6.07) is 8.65. The number of sulfone groups is 1. The third kappa shape index (κ3) is 3.72. The molecule has 6 heteroatoms. The Morgan fingerprint density at radius 1 is 1.29 bits per heavy atom. The van der Waals surface area contributed by atoms with Gasteiger partial charge in [-0.15, -0.1) is 0 Å². The fraction of sp³-hybridized carbons (Fsp3) is 0.267. The minimum atomic E-state index is -3.24. The molecule has 1 aromatic heterocycles. The van der Waals surface area contributed by atoms with E-state index >= 15 is 0 Å². The van der Waals surface area contributed by atoms with Crippen molar-refractivity contribution in [2.24, 2.45) is 0 Å². The van der Waals surface area contributed by atoms with Gasteiger partial charge in [-0.05, 0) is 36.2 Å². The predicted octanol–water partition coefficient (Wildman–Crippen LogP) is 2.24. The summed E-state index contributed by atoms with van der Waals surface area (Å²) < 4.78 is 22.9. The molecule has 0 saturated carbocycles. The van der Waals surface area contributed by atoms with Gasteiger partial charge in [0.2, 0.25) is 0 Å². The molecule has 112 valence electrons. The molecule has 2 rings (SSSR count). The molecular weight excluding hydrogens is 286 g/mol. The van der Waals surface area contributed by atoms with Crippen molar-refractivity contribution in [2.45, 2.75) is 24.8 Å². The smallest absolute Gasteiger partial charge is 0.175 e. The molecule has 0 bridgehead atoms. The van der Waals surface area contributed by atoms with Crippen molar-refractivity contribution in [1.82, 2.24) is 4.98 Å². The van der Waals surface area contributed by atoms with Crippen LogP contribution in [0.5, 0.6) is 0 Å². The molecule has 0 atom stereocenters. The topological polar surface area (TPSA) is 85.1 Å². The van der Waals surface area contributed by atoms with Crippen LogP contribution in [0.4, 0.5) is 11.4 Å². The quantitative estimate of drug-likeness (QED) is 0.828. The SMILES string of the molecule is CCc1cccnc1CNc1ccc(S(C)(=O)=O)cc1N. The van der Waals surface area contributed by atoms with Crippen LogP contribution < -0.4 is 11.1 Å². The largest absolute Gasteiger partial charge is 0.397 e. The van der Waals surface area contributed by atoms with E-state index in [2.05, 4.69) is 17.2 Å². The van der Waals surface area contributed by atoms with Gasteiger partial charge in [-0.2, -0.15) is 0 Å². The van der Waals surface area contributed by atoms with Gasteiger partial charge in [0.25, 0.3) is 0 Å². The van der Waals surface area contributed by atoms with Crippen LogP contribution in [0.1, 0.15) is 18.2 Å². The zero-order chi connectivity index (χ0) is 15.5. The summed E-state index contributed by atoms with van der Waals surface area (Å²) in [5.41, 5.74) is 9.16. The van der Waals surface area contributed by atoms with Gasteiger partial charge in [0.05, 0.1) is 28.5 Å². The third-order valence-corrected chi connectivity index (χ3v) is 4.37. The second-order valence-electron chi connectivity index (χ2n) is 4.84. The van der Waals surface area contributed by atoms with Crippen molar-refractivity contribution >= 4 is 21.2 Å². The highest BCUT2D eigenvalue weighted by molar-refractivity contribution is 7.90. The first kappa shape index (κ1) is 15.3. The zero-order valence-electron chi connectivity index (χ0n) is 12.1. The van der Waals surface area contributed by atoms with Crippen LogP contribution in [0.2, 0.25) is 0 Å². The van der Waals surface area contributed by atoms with Crippen molar-refractivity contribution < 1.29 is 8.42 Å². The predicted molar refractivity (Wildman–Crippen MR) is 84.9 cm³/mol. The van der Waals surface area contributed by atoms with Crippen molar-refractivity contribution in [2.75, 3.05) is 17.3 Å². The highest BCUT2D eigenvalue weighted by Gasteiger charge is 2.10. The average Bonchev–Trinajstić information content (AvgIpc) is 2.45. The second kappa shape index (κ2) is 6.13. The highest BCUT2D eigenvalue weighted by atomic mass is 32.2. The van der Waals surface area contributed by atoms with Crippen LogP contribution in [-0.2, 0) is 22.8 Å². The number of aromatic nitrogens is 1. The van der Waals surface area contributed by atoms with E-state index < -0.39 is 9.84 Å². The molecule has 0 spiro atoms. The molecule has 0 radical (unpaired) electrons. The molecule has 0 amide bonds. The Balaban J connectivity index is 2.17. The first-order valence-electron chi connectivity index (χ1n) is 6.68. The maximum atomic E-state index is 11.5. The van der Waals surface area contributed by atoms with E-state index in [0.717, 1.165) is 18.4 Å². The average molecular weight is 305 g/mol. The zero-order valence-corrected chi connectivity index (χ0v) is 12.9. The van der Waals surface area contributed by atoms with E-state index in [4.69, 9.17) is 5.73 Å². The molecule has 0 unspecified atom stereocenters. The molecule has 1 heterocycles. The van der Waals surface area contributed by atoms with E-state index in [1.165, 1.54) is 11.6 Å². The van der Waals surface area contributed by atoms with Crippen LogP contribution in [0.15, 0.2) is 41.4 Å². The number of nitrogens with one attached hydrogen (secondary N) is 1. The standard InChI is InChI=1S/C15H19N3O2S/c1-3-11-5-4-8-17-15(11)10-18-14-7-6-12(9-13(14)16)21(2,19)20/h4-9,18H,3,10,16H2,1-2H3. The Hall–Kier alpha value is -2.08. The van der Waals surface area contributed by atoms with Gasteiger partial charge in [0.1, 0.15) is 0 Å². The van der Waals surface area contributed by atoms with Crippen LogP contribution in [0.3, 0.4) is 0 Å². The summed E-state index contributed by atoms with van der Waals surface area (Å²) in [6.07, 6.45) is 3.83. The summed E-state index contributed by atoms with van der Waals surface area (Å²) >= 11 is 0. The van der Waals surface area contributed by atoms with Gasteiger partial charge in [-0.25, -0.2) is 8.42 Å². The number of nitrogens with zero attached hydrogens (tertiary/aromatic N) is 1. The number of pyridine rings is 1. The Labute approximate surface area is 125 Å². The van der Waals surface area contributed by atoms with E-state index in [9.17, 15) is 8.42 Å². The lowest BCUT2D eigenvalue weighted by atomic mass is 10.1. The number of rotatable bonds is 5. The number of nitrogens with two attached hydrogens (primary N) is 1. The highest BCUT2D eigenvalue weighted by Crippen LogP contribution is 2.23. The summed E-state index contributed by atoms with van der Waals surface area (Å²) in [7, 11) is -3.24. The maximum Gasteiger partial charge on any atom is 0.175 e. The van der Waals surface area contributed by atoms with Crippen molar-refractivity contribution in [3.8, 4) is 0 Å². The van der Waals surface area contributed by atoms with Crippen LogP contribution in [0, 0.1) is 0 Å². The Morgan fingerprint density at radius 2 is 2.05 bits per heavy atom. The molecule has 2 aromatic rings. The lowest BCUT2D eigenvalue weighted by Crippen LogP contribution is -2.07. The first-order valence-corrected chi connectivity index (χ1v) is 8.57. The number of aryl methyl sites for hydroxylation is 1. The number of hydrogen-bond acceptors (Lipinski definition) is 5. The van der Waals surface area contributed by atoms with Gasteiger partial charge in [-0.1, -0.05) is 13.0 Å². The molecule has 0 aliphatic heterocycles.